The zero-order chi connectivity index (χ0) is 30.1. The second-order valence-electron chi connectivity index (χ2n) is 11.4. The molecule has 0 aliphatic heterocycles. The molecule has 2 amide bonds. The molecule has 0 aliphatic rings. The van der Waals surface area contributed by atoms with Gasteiger partial charge in [0.1, 0.15) is 0 Å². The van der Waals surface area contributed by atoms with Crippen LogP contribution in [0.15, 0.2) is 73.8 Å². The SMILES string of the molecule is C=CCNC(=O)C(OC(=O)c1ccc(C(C)(C)C)cc1)C(OC(=O)c1ccc(C(C)(C)C)cc1)C(=O)NCC=C. The number of esters is 2. The summed E-state index contributed by atoms with van der Waals surface area (Å²) in [5.41, 5.74) is 2.06. The maximum atomic E-state index is 13.1. The molecule has 2 aromatic carbocycles. The summed E-state index contributed by atoms with van der Waals surface area (Å²) in [5.74, 6) is -3.36. The number of benzene rings is 2. The number of carbonyl (C=O) groups is 4. The molecule has 8 nitrogen and oxygen atoms in total. The van der Waals surface area contributed by atoms with Gasteiger partial charge in [-0.2, -0.15) is 0 Å². The van der Waals surface area contributed by atoms with Crippen LogP contribution in [-0.2, 0) is 29.9 Å². The number of rotatable bonds is 11. The van der Waals surface area contributed by atoms with E-state index < -0.39 is 36.0 Å². The number of carbonyl (C=O) groups excluding carboxylic acids is 4. The first-order valence-corrected chi connectivity index (χ1v) is 13.1. The third kappa shape index (κ3) is 8.93. The van der Waals surface area contributed by atoms with Gasteiger partial charge in [-0.25, -0.2) is 9.59 Å². The van der Waals surface area contributed by atoms with Gasteiger partial charge in [0.05, 0.1) is 11.1 Å². The fourth-order valence-electron chi connectivity index (χ4n) is 3.63. The molecule has 0 saturated carbocycles. The van der Waals surface area contributed by atoms with E-state index in [0.29, 0.717) is 0 Å². The Balaban J connectivity index is 2.42. The maximum Gasteiger partial charge on any atom is 0.339 e. The summed E-state index contributed by atoms with van der Waals surface area (Å²) in [7, 11) is 0. The molecule has 0 heterocycles. The van der Waals surface area contributed by atoms with Crippen molar-refractivity contribution in [1.29, 1.82) is 0 Å². The predicted octanol–water partition coefficient (Wildman–Crippen LogP) is 4.64. The molecule has 0 saturated heterocycles. The molecule has 0 spiro atoms. The summed E-state index contributed by atoms with van der Waals surface area (Å²) in [5, 5.41) is 5.04. The molecule has 2 aromatic rings. The van der Waals surface area contributed by atoms with E-state index in [1.54, 1.807) is 48.5 Å². The van der Waals surface area contributed by atoms with E-state index in [1.165, 1.54) is 12.2 Å². The van der Waals surface area contributed by atoms with Crippen LogP contribution >= 0.6 is 0 Å². The van der Waals surface area contributed by atoms with Crippen LogP contribution in [0.5, 0.6) is 0 Å². The first-order valence-electron chi connectivity index (χ1n) is 13.1. The highest BCUT2D eigenvalue weighted by Gasteiger charge is 2.40. The highest BCUT2D eigenvalue weighted by Crippen LogP contribution is 2.24. The van der Waals surface area contributed by atoms with Crippen LogP contribution in [-0.4, -0.2) is 49.1 Å². The molecule has 0 aliphatic carbocycles. The molecule has 0 bridgehead atoms. The second kappa shape index (κ2) is 13.7. The smallest absolute Gasteiger partial charge is 0.339 e. The van der Waals surface area contributed by atoms with Crippen molar-refractivity contribution >= 4 is 23.8 Å². The Kier molecular flexibility index (Phi) is 11.0. The van der Waals surface area contributed by atoms with Crippen LogP contribution < -0.4 is 10.6 Å². The van der Waals surface area contributed by atoms with Gasteiger partial charge in [0, 0.05) is 13.1 Å². The van der Waals surface area contributed by atoms with Crippen LogP contribution in [0.25, 0.3) is 0 Å². The largest absolute Gasteiger partial charge is 0.444 e. The lowest BCUT2D eigenvalue weighted by Crippen LogP contribution is -2.53. The van der Waals surface area contributed by atoms with Gasteiger partial charge in [0.2, 0.25) is 12.2 Å². The third-order valence-electron chi connectivity index (χ3n) is 6.07. The highest BCUT2D eigenvalue weighted by atomic mass is 16.6. The van der Waals surface area contributed by atoms with Gasteiger partial charge in [0.25, 0.3) is 11.8 Å². The highest BCUT2D eigenvalue weighted by molar-refractivity contribution is 5.98. The number of ether oxygens (including phenoxy) is 2. The van der Waals surface area contributed by atoms with Gasteiger partial charge < -0.3 is 20.1 Å². The normalized spacial score (nSPS) is 12.8. The summed E-state index contributed by atoms with van der Waals surface area (Å²) in [6.07, 6.45) is -0.704. The van der Waals surface area contributed by atoms with Gasteiger partial charge in [0.15, 0.2) is 0 Å². The minimum absolute atomic E-state index is 0.0381. The topological polar surface area (TPSA) is 111 Å². The first-order chi connectivity index (χ1) is 18.7. The Morgan fingerprint density at radius 2 is 0.950 bits per heavy atom. The zero-order valence-corrected chi connectivity index (χ0v) is 24.2. The standard InChI is InChI=1S/C32H40N2O6/c1-9-19-33-27(35)25(39-29(37)21-11-15-23(16-12-21)31(3,4)5)26(28(36)34-20-10-2)40-30(38)22-13-17-24(18-14-22)32(6,7)8/h9-18,25-26H,1-2,19-20H2,3-8H3,(H,33,35)(H,34,36). The fourth-order valence-corrected chi connectivity index (χ4v) is 3.63. The molecule has 214 valence electrons. The van der Waals surface area contributed by atoms with Gasteiger partial charge in [-0.15, -0.1) is 13.2 Å². The minimum atomic E-state index is -1.78. The molecular weight excluding hydrogens is 508 g/mol. The number of hydrogen-bond acceptors (Lipinski definition) is 6. The lowest BCUT2D eigenvalue weighted by atomic mass is 9.87. The Morgan fingerprint density at radius 1 is 0.650 bits per heavy atom. The molecule has 2 unspecified atom stereocenters. The van der Waals surface area contributed by atoms with E-state index in [1.807, 2.05) is 41.5 Å². The molecule has 0 radical (unpaired) electrons. The van der Waals surface area contributed by atoms with Crippen molar-refractivity contribution in [2.75, 3.05) is 13.1 Å². The monoisotopic (exact) mass is 548 g/mol. The van der Waals surface area contributed by atoms with Crippen molar-refractivity contribution < 1.29 is 28.7 Å². The molecule has 8 heteroatoms. The van der Waals surface area contributed by atoms with Crippen molar-refractivity contribution in [3.8, 4) is 0 Å². The summed E-state index contributed by atoms with van der Waals surface area (Å²) >= 11 is 0. The Labute approximate surface area is 236 Å². The van der Waals surface area contributed by atoms with Crippen LogP contribution in [0, 0.1) is 0 Å². The Morgan fingerprint density at radius 3 is 1.20 bits per heavy atom. The molecule has 2 rings (SSSR count). The molecule has 2 N–H and O–H groups in total. The van der Waals surface area contributed by atoms with Crippen LogP contribution in [0.4, 0.5) is 0 Å². The van der Waals surface area contributed by atoms with E-state index in [2.05, 4.69) is 23.8 Å². The first kappa shape index (κ1) is 32.0. The lowest BCUT2D eigenvalue weighted by Gasteiger charge is -2.26. The Bertz CT molecular complexity index is 1120. The van der Waals surface area contributed by atoms with Gasteiger partial charge in [-0.3, -0.25) is 9.59 Å². The maximum absolute atomic E-state index is 13.1. The van der Waals surface area contributed by atoms with E-state index >= 15 is 0 Å². The second-order valence-corrected chi connectivity index (χ2v) is 11.4. The third-order valence-corrected chi connectivity index (χ3v) is 6.07. The van der Waals surface area contributed by atoms with Crippen molar-refractivity contribution in [2.45, 2.75) is 64.6 Å². The number of hydrogen-bond donors (Lipinski definition) is 2. The average molecular weight is 549 g/mol. The van der Waals surface area contributed by atoms with E-state index in [4.69, 9.17) is 9.47 Å². The van der Waals surface area contributed by atoms with Gasteiger partial charge >= 0.3 is 11.9 Å². The predicted molar refractivity (Wildman–Crippen MR) is 155 cm³/mol. The molecule has 2 atom stereocenters. The molecular formula is C32H40N2O6. The van der Waals surface area contributed by atoms with E-state index in [-0.39, 0.29) is 35.0 Å². The minimum Gasteiger partial charge on any atom is -0.444 e. The van der Waals surface area contributed by atoms with Crippen molar-refractivity contribution in [3.63, 3.8) is 0 Å². The fraction of sp³-hybridized carbons (Fsp3) is 0.375. The lowest BCUT2D eigenvalue weighted by molar-refractivity contribution is -0.147. The summed E-state index contributed by atoms with van der Waals surface area (Å²) in [6, 6.07) is 13.5. The number of amides is 2. The van der Waals surface area contributed by atoms with Gasteiger partial charge in [-0.1, -0.05) is 78.0 Å². The average Bonchev–Trinajstić information content (AvgIpc) is 2.91. The zero-order valence-electron chi connectivity index (χ0n) is 24.2. The summed E-state index contributed by atoms with van der Waals surface area (Å²) in [6.45, 7) is 19.4. The van der Waals surface area contributed by atoms with Crippen LogP contribution in [0.2, 0.25) is 0 Å². The molecule has 0 fully saturated rings. The van der Waals surface area contributed by atoms with Crippen molar-refractivity contribution in [3.05, 3.63) is 96.1 Å². The molecule has 40 heavy (non-hydrogen) atoms. The molecule has 0 aromatic heterocycles. The summed E-state index contributed by atoms with van der Waals surface area (Å²) in [4.78, 5) is 52.5. The Hall–Kier alpha value is -4.20. The van der Waals surface area contributed by atoms with Crippen molar-refractivity contribution in [2.24, 2.45) is 0 Å². The number of nitrogens with one attached hydrogen (secondary N) is 2. The van der Waals surface area contributed by atoms with E-state index in [0.717, 1.165) is 11.1 Å². The summed E-state index contributed by atoms with van der Waals surface area (Å²) < 4.78 is 11.1. The van der Waals surface area contributed by atoms with Crippen molar-refractivity contribution in [1.82, 2.24) is 10.6 Å². The van der Waals surface area contributed by atoms with Gasteiger partial charge in [-0.05, 0) is 46.2 Å². The van der Waals surface area contributed by atoms with Crippen LogP contribution in [0.1, 0.15) is 73.4 Å². The quantitative estimate of drug-likeness (QED) is 0.313. The van der Waals surface area contributed by atoms with E-state index in [9.17, 15) is 19.2 Å². The van der Waals surface area contributed by atoms with Crippen LogP contribution in [0.3, 0.4) is 0 Å².